The van der Waals surface area contributed by atoms with E-state index in [1.54, 1.807) is 0 Å². The van der Waals surface area contributed by atoms with Gasteiger partial charge in [-0.05, 0) is 18.2 Å². The van der Waals surface area contributed by atoms with Crippen molar-refractivity contribution in [1.29, 1.82) is 0 Å². The van der Waals surface area contributed by atoms with E-state index in [0.717, 1.165) is 23.9 Å². The summed E-state index contributed by atoms with van der Waals surface area (Å²) in [6.07, 6.45) is -4.47. The molecule has 0 saturated carbocycles. The van der Waals surface area contributed by atoms with Crippen molar-refractivity contribution in [3.63, 3.8) is 0 Å². The van der Waals surface area contributed by atoms with Gasteiger partial charge in [0.25, 0.3) is 0 Å². The molecule has 0 saturated heterocycles. The maximum atomic E-state index is 12.8. The molecule has 1 N–H and O–H groups in total. The molecule has 0 radical (unpaired) electrons. The molecule has 118 valence electrons. The van der Waals surface area contributed by atoms with Crippen LogP contribution in [0.4, 0.5) is 13.2 Å². The second-order valence-electron chi connectivity index (χ2n) is 4.95. The molecule has 0 aliphatic carbocycles. The number of hydrogen-bond acceptors (Lipinski definition) is 4. The number of rotatable bonds is 4. The molecule has 0 aliphatic rings. The minimum Gasteiger partial charge on any atom is -0.481 e. The molecule has 0 aliphatic heterocycles. The number of carboxylic acids is 1. The number of aromatic nitrogens is 2. The molecule has 1 heterocycles. The van der Waals surface area contributed by atoms with Crippen molar-refractivity contribution in [2.24, 2.45) is 0 Å². The lowest BCUT2D eigenvalue weighted by Crippen LogP contribution is -2.07. The van der Waals surface area contributed by atoms with Gasteiger partial charge in [-0.3, -0.25) is 4.79 Å². The van der Waals surface area contributed by atoms with Gasteiger partial charge in [0.1, 0.15) is 10.9 Å². The Morgan fingerprint density at radius 2 is 2.00 bits per heavy atom. The van der Waals surface area contributed by atoms with Crippen molar-refractivity contribution in [2.75, 3.05) is 5.75 Å². The third kappa shape index (κ3) is 3.68. The number of thioether (sulfide) groups is 1. The van der Waals surface area contributed by atoms with E-state index < -0.39 is 17.7 Å². The molecule has 4 nitrogen and oxygen atoms in total. The van der Waals surface area contributed by atoms with Crippen molar-refractivity contribution in [2.45, 2.75) is 31.0 Å². The number of alkyl halides is 3. The van der Waals surface area contributed by atoms with Crippen LogP contribution < -0.4 is 0 Å². The van der Waals surface area contributed by atoms with Gasteiger partial charge in [0.2, 0.25) is 0 Å². The Bertz CT molecular complexity index is 717. The summed E-state index contributed by atoms with van der Waals surface area (Å²) in [6.45, 7) is 3.72. The number of hydrogen-bond donors (Lipinski definition) is 1. The zero-order valence-electron chi connectivity index (χ0n) is 11.8. The molecule has 0 spiro atoms. The van der Waals surface area contributed by atoms with Crippen molar-refractivity contribution in [1.82, 2.24) is 9.97 Å². The van der Waals surface area contributed by atoms with Gasteiger partial charge in [-0.25, -0.2) is 9.97 Å². The molecule has 0 amide bonds. The number of carbonyl (C=O) groups is 1. The van der Waals surface area contributed by atoms with Gasteiger partial charge >= 0.3 is 12.1 Å². The van der Waals surface area contributed by atoms with Gasteiger partial charge < -0.3 is 5.11 Å². The quantitative estimate of drug-likeness (QED) is 0.679. The molecule has 22 heavy (non-hydrogen) atoms. The first-order valence-corrected chi connectivity index (χ1v) is 7.40. The normalized spacial score (nSPS) is 12.1. The van der Waals surface area contributed by atoms with Crippen LogP contribution >= 0.6 is 11.8 Å². The fourth-order valence-electron chi connectivity index (χ4n) is 1.79. The third-order valence-corrected chi connectivity index (χ3v) is 3.83. The lowest BCUT2D eigenvalue weighted by atomic mass is 10.1. The van der Waals surface area contributed by atoms with Gasteiger partial charge in [0.15, 0.2) is 0 Å². The molecular formula is C14H13F3N2O2S. The Kier molecular flexibility index (Phi) is 4.60. The highest BCUT2D eigenvalue weighted by molar-refractivity contribution is 8.00. The van der Waals surface area contributed by atoms with E-state index in [9.17, 15) is 18.0 Å². The Hall–Kier alpha value is -1.83. The van der Waals surface area contributed by atoms with E-state index >= 15 is 0 Å². The number of nitrogens with zero attached hydrogens (tertiary/aromatic N) is 2. The number of halogens is 3. The number of carboxylic acid groups (broad SMARTS) is 1. The predicted octanol–water partition coefficient (Wildman–Crippen LogP) is 3.95. The predicted molar refractivity (Wildman–Crippen MR) is 77.0 cm³/mol. The van der Waals surface area contributed by atoms with Crippen LogP contribution in [-0.2, 0) is 11.0 Å². The minimum absolute atomic E-state index is 0.0177. The van der Waals surface area contributed by atoms with Crippen LogP contribution in [0.15, 0.2) is 23.2 Å². The van der Waals surface area contributed by atoms with Crippen molar-refractivity contribution in [3.8, 4) is 0 Å². The summed E-state index contributed by atoms with van der Waals surface area (Å²) in [5.74, 6) is -0.884. The number of aliphatic carboxylic acids is 1. The Labute approximate surface area is 128 Å². The largest absolute Gasteiger partial charge is 0.481 e. The van der Waals surface area contributed by atoms with Gasteiger partial charge in [-0.1, -0.05) is 25.6 Å². The molecule has 0 unspecified atom stereocenters. The lowest BCUT2D eigenvalue weighted by Gasteiger charge is -2.12. The molecule has 0 atom stereocenters. The van der Waals surface area contributed by atoms with E-state index in [1.165, 1.54) is 6.07 Å². The fourth-order valence-corrected chi connectivity index (χ4v) is 2.53. The van der Waals surface area contributed by atoms with E-state index in [0.29, 0.717) is 11.3 Å². The van der Waals surface area contributed by atoms with Gasteiger partial charge in [0.05, 0.1) is 16.8 Å². The second-order valence-corrected chi connectivity index (χ2v) is 5.92. The summed E-state index contributed by atoms with van der Waals surface area (Å²) in [5.41, 5.74) is -0.433. The van der Waals surface area contributed by atoms with Crippen LogP contribution in [0.2, 0.25) is 0 Å². The maximum Gasteiger partial charge on any atom is 0.416 e. The van der Waals surface area contributed by atoms with E-state index in [4.69, 9.17) is 5.11 Å². The SMILES string of the molecule is CC(C)c1nc(SCC(=O)O)c2cc(C(F)(F)F)ccc2n1. The fraction of sp³-hybridized carbons (Fsp3) is 0.357. The van der Waals surface area contributed by atoms with Crippen LogP contribution in [0.1, 0.15) is 31.2 Å². The lowest BCUT2D eigenvalue weighted by molar-refractivity contribution is -0.137. The minimum atomic E-state index is -4.47. The van der Waals surface area contributed by atoms with Crippen molar-refractivity contribution >= 4 is 28.6 Å². The van der Waals surface area contributed by atoms with Crippen LogP contribution in [0.3, 0.4) is 0 Å². The summed E-state index contributed by atoms with van der Waals surface area (Å²) in [7, 11) is 0. The molecular weight excluding hydrogens is 317 g/mol. The van der Waals surface area contributed by atoms with Crippen molar-refractivity contribution in [3.05, 3.63) is 29.6 Å². The third-order valence-electron chi connectivity index (χ3n) is 2.85. The van der Waals surface area contributed by atoms with Crippen molar-refractivity contribution < 1.29 is 23.1 Å². The summed E-state index contributed by atoms with van der Waals surface area (Å²) < 4.78 is 38.5. The Morgan fingerprint density at radius 1 is 1.32 bits per heavy atom. The average Bonchev–Trinajstić information content (AvgIpc) is 2.42. The summed E-state index contributed by atoms with van der Waals surface area (Å²) in [6, 6.07) is 3.21. The summed E-state index contributed by atoms with van der Waals surface area (Å²) in [5, 5.41) is 9.23. The summed E-state index contributed by atoms with van der Waals surface area (Å²) >= 11 is 0.891. The molecule has 0 bridgehead atoms. The highest BCUT2D eigenvalue weighted by Gasteiger charge is 2.31. The second kappa shape index (κ2) is 6.12. The first-order valence-electron chi connectivity index (χ1n) is 6.42. The smallest absolute Gasteiger partial charge is 0.416 e. The first kappa shape index (κ1) is 16.5. The zero-order chi connectivity index (χ0) is 16.5. The molecule has 1 aromatic heterocycles. The average molecular weight is 330 g/mol. The van der Waals surface area contributed by atoms with E-state index in [2.05, 4.69) is 9.97 Å². The van der Waals surface area contributed by atoms with Crippen LogP contribution in [-0.4, -0.2) is 26.8 Å². The molecule has 8 heteroatoms. The Morgan fingerprint density at radius 3 is 2.55 bits per heavy atom. The van der Waals surface area contributed by atoms with Gasteiger partial charge in [-0.15, -0.1) is 0 Å². The van der Waals surface area contributed by atoms with E-state index in [1.807, 2.05) is 13.8 Å². The van der Waals surface area contributed by atoms with Gasteiger partial charge in [0, 0.05) is 11.3 Å². The highest BCUT2D eigenvalue weighted by Crippen LogP contribution is 2.34. The van der Waals surface area contributed by atoms with Crippen LogP contribution in [0.5, 0.6) is 0 Å². The standard InChI is InChI=1S/C14H13F3N2O2S/c1-7(2)12-18-10-4-3-8(14(15,16)17)5-9(10)13(19-12)22-6-11(20)21/h3-5,7H,6H2,1-2H3,(H,20,21). The van der Waals surface area contributed by atoms with Crippen LogP contribution in [0.25, 0.3) is 10.9 Å². The number of benzene rings is 1. The maximum absolute atomic E-state index is 12.8. The highest BCUT2D eigenvalue weighted by atomic mass is 32.2. The molecule has 2 aromatic rings. The first-order chi connectivity index (χ1) is 10.2. The monoisotopic (exact) mass is 330 g/mol. The summed E-state index contributed by atoms with van der Waals surface area (Å²) in [4.78, 5) is 19.2. The molecule has 1 aromatic carbocycles. The van der Waals surface area contributed by atoms with E-state index in [-0.39, 0.29) is 22.1 Å². The Balaban J connectivity index is 2.61. The zero-order valence-corrected chi connectivity index (χ0v) is 12.6. The molecule has 2 rings (SSSR count). The number of fused-ring (bicyclic) bond motifs is 1. The van der Waals surface area contributed by atoms with Crippen LogP contribution in [0, 0.1) is 0 Å². The molecule has 0 fully saturated rings. The topological polar surface area (TPSA) is 63.1 Å². The van der Waals surface area contributed by atoms with Gasteiger partial charge in [-0.2, -0.15) is 13.2 Å².